The summed E-state index contributed by atoms with van der Waals surface area (Å²) < 4.78 is 12.8. The molecule has 1 aliphatic heterocycles. The highest BCUT2D eigenvalue weighted by Crippen LogP contribution is 2.38. The molecule has 1 saturated heterocycles. The normalized spacial score (nSPS) is 30.1. The zero-order valence-electron chi connectivity index (χ0n) is 11.5. The fraction of sp³-hybridized carbons (Fsp3) is 0.294. The van der Waals surface area contributed by atoms with Crippen molar-refractivity contribution in [1.82, 2.24) is 5.32 Å². The number of rotatable bonds is 2. The molecule has 0 aliphatic carbocycles. The average molecular weight is 285 g/mol. The van der Waals surface area contributed by atoms with Gasteiger partial charge in [0.1, 0.15) is 0 Å². The van der Waals surface area contributed by atoms with Crippen LogP contribution in [0.25, 0.3) is 0 Å². The third-order valence-corrected chi connectivity index (χ3v) is 5.87. The third-order valence-electron chi connectivity index (χ3n) is 3.86. The van der Waals surface area contributed by atoms with E-state index in [0.29, 0.717) is 0 Å². The summed E-state index contributed by atoms with van der Waals surface area (Å²) >= 11 is 0. The Labute approximate surface area is 122 Å². The third kappa shape index (κ3) is 2.56. The molecule has 1 N–H and O–H groups in total. The molecular formula is C17H19NOS. The zero-order chi connectivity index (χ0) is 13.9. The van der Waals surface area contributed by atoms with E-state index in [9.17, 15) is 4.21 Å². The Hall–Kier alpha value is -1.45. The number of hydrogen-bond donors (Lipinski definition) is 1. The molecule has 1 heterocycles. The van der Waals surface area contributed by atoms with Gasteiger partial charge >= 0.3 is 0 Å². The number of nitrogens with one attached hydrogen (secondary N) is 1. The van der Waals surface area contributed by atoms with Gasteiger partial charge in [0.2, 0.25) is 0 Å². The molecule has 20 heavy (non-hydrogen) atoms. The van der Waals surface area contributed by atoms with Crippen LogP contribution in [-0.4, -0.2) is 16.0 Å². The lowest BCUT2D eigenvalue weighted by Gasteiger charge is -2.36. The van der Waals surface area contributed by atoms with Crippen LogP contribution in [0.2, 0.25) is 0 Å². The second kappa shape index (κ2) is 5.90. The van der Waals surface area contributed by atoms with Crippen LogP contribution in [0.4, 0.5) is 0 Å². The van der Waals surface area contributed by atoms with Crippen LogP contribution in [0.3, 0.4) is 0 Å². The summed E-state index contributed by atoms with van der Waals surface area (Å²) in [6, 6.07) is 20.7. The van der Waals surface area contributed by atoms with Gasteiger partial charge in [-0.2, -0.15) is 0 Å². The smallest absolute Gasteiger partial charge is 0.0795 e. The van der Waals surface area contributed by atoms with Gasteiger partial charge in [-0.1, -0.05) is 60.7 Å². The molecule has 3 rings (SSSR count). The molecule has 1 aliphatic rings. The molecule has 2 nitrogen and oxygen atoms in total. The molecule has 2 aromatic rings. The Morgan fingerprint density at radius 2 is 1.50 bits per heavy atom. The van der Waals surface area contributed by atoms with E-state index in [2.05, 4.69) is 36.5 Å². The van der Waals surface area contributed by atoms with E-state index in [1.807, 2.05) is 36.4 Å². The van der Waals surface area contributed by atoms with E-state index >= 15 is 0 Å². The second-order valence-corrected chi connectivity index (χ2v) is 7.24. The molecule has 0 aromatic heterocycles. The standard InChI is InChI=1S/C17H19NOS/c1-13-12-18-16(14-8-4-2-5-9-14)17(20(13)19)15-10-6-3-7-11-15/h2-11,13,16-18H,12H2,1H3. The highest BCUT2D eigenvalue weighted by Gasteiger charge is 2.36. The highest BCUT2D eigenvalue weighted by molar-refractivity contribution is 7.86. The summed E-state index contributed by atoms with van der Waals surface area (Å²) in [5.41, 5.74) is 2.36. The molecular weight excluding hydrogens is 266 g/mol. The van der Waals surface area contributed by atoms with Crippen LogP contribution in [0, 0.1) is 0 Å². The van der Waals surface area contributed by atoms with Gasteiger partial charge in [0.25, 0.3) is 0 Å². The van der Waals surface area contributed by atoms with Gasteiger partial charge in [-0.15, -0.1) is 0 Å². The second-order valence-electron chi connectivity index (χ2n) is 5.27. The Bertz CT molecular complexity index is 584. The minimum Gasteiger partial charge on any atom is -0.307 e. The summed E-state index contributed by atoms with van der Waals surface area (Å²) in [4.78, 5) is 0. The molecule has 104 valence electrons. The van der Waals surface area contributed by atoms with E-state index in [1.54, 1.807) is 0 Å². The van der Waals surface area contributed by atoms with Gasteiger partial charge in [-0.25, -0.2) is 0 Å². The van der Waals surface area contributed by atoms with Gasteiger partial charge in [0, 0.05) is 22.6 Å². The Morgan fingerprint density at radius 3 is 2.10 bits per heavy atom. The van der Waals surface area contributed by atoms with Crippen LogP contribution in [-0.2, 0) is 10.8 Å². The minimum atomic E-state index is -0.867. The van der Waals surface area contributed by atoms with Crippen molar-refractivity contribution in [2.24, 2.45) is 0 Å². The largest absolute Gasteiger partial charge is 0.307 e. The Morgan fingerprint density at radius 1 is 0.950 bits per heavy atom. The highest BCUT2D eigenvalue weighted by atomic mass is 32.2. The molecule has 1 fully saturated rings. The lowest BCUT2D eigenvalue weighted by molar-refractivity contribution is 0.482. The molecule has 0 spiro atoms. The Balaban J connectivity index is 2.01. The monoisotopic (exact) mass is 285 g/mol. The zero-order valence-corrected chi connectivity index (χ0v) is 12.3. The maximum atomic E-state index is 12.8. The lowest BCUT2D eigenvalue weighted by Crippen LogP contribution is -2.43. The number of benzene rings is 2. The van der Waals surface area contributed by atoms with Crippen molar-refractivity contribution < 1.29 is 4.21 Å². The molecule has 0 saturated carbocycles. The van der Waals surface area contributed by atoms with Crippen LogP contribution in [0.15, 0.2) is 60.7 Å². The topological polar surface area (TPSA) is 29.1 Å². The van der Waals surface area contributed by atoms with Gasteiger partial charge in [0.15, 0.2) is 0 Å². The van der Waals surface area contributed by atoms with Gasteiger partial charge in [-0.05, 0) is 18.1 Å². The molecule has 4 atom stereocenters. The van der Waals surface area contributed by atoms with Crippen molar-refractivity contribution in [3.8, 4) is 0 Å². The lowest BCUT2D eigenvalue weighted by atomic mass is 9.97. The minimum absolute atomic E-state index is 0.0161. The first-order valence-corrected chi connectivity index (χ1v) is 8.27. The summed E-state index contributed by atoms with van der Waals surface area (Å²) in [5.74, 6) is 0. The summed E-state index contributed by atoms with van der Waals surface area (Å²) in [6.07, 6.45) is 0. The summed E-state index contributed by atoms with van der Waals surface area (Å²) in [7, 11) is -0.867. The molecule has 2 aromatic carbocycles. The van der Waals surface area contributed by atoms with Gasteiger partial charge in [-0.3, -0.25) is 4.21 Å². The first kappa shape index (κ1) is 13.5. The van der Waals surface area contributed by atoms with Crippen molar-refractivity contribution in [3.05, 3.63) is 71.8 Å². The quantitative estimate of drug-likeness (QED) is 0.918. The van der Waals surface area contributed by atoms with E-state index in [4.69, 9.17) is 0 Å². The molecule has 0 bridgehead atoms. The van der Waals surface area contributed by atoms with Crippen LogP contribution in [0.1, 0.15) is 29.3 Å². The first-order chi connectivity index (χ1) is 9.77. The number of hydrogen-bond acceptors (Lipinski definition) is 2. The molecule has 0 radical (unpaired) electrons. The van der Waals surface area contributed by atoms with Crippen molar-refractivity contribution in [1.29, 1.82) is 0 Å². The fourth-order valence-corrected chi connectivity index (χ4v) is 4.50. The SMILES string of the molecule is CC1CNC(c2ccccc2)C(c2ccccc2)S1=O. The Kier molecular flexibility index (Phi) is 3.99. The van der Waals surface area contributed by atoms with E-state index in [-0.39, 0.29) is 16.5 Å². The predicted octanol–water partition coefficient (Wildman–Crippen LogP) is 3.21. The van der Waals surface area contributed by atoms with Crippen LogP contribution in [0.5, 0.6) is 0 Å². The average Bonchev–Trinajstić information content (AvgIpc) is 2.51. The molecule has 3 heteroatoms. The first-order valence-electron chi connectivity index (χ1n) is 7.00. The van der Waals surface area contributed by atoms with Crippen molar-refractivity contribution in [2.75, 3.05) is 6.54 Å². The van der Waals surface area contributed by atoms with E-state index in [1.165, 1.54) is 5.56 Å². The maximum Gasteiger partial charge on any atom is 0.0795 e. The molecule has 0 amide bonds. The molecule has 4 unspecified atom stereocenters. The predicted molar refractivity (Wildman–Crippen MR) is 84.0 cm³/mol. The van der Waals surface area contributed by atoms with Crippen molar-refractivity contribution in [3.63, 3.8) is 0 Å². The van der Waals surface area contributed by atoms with Gasteiger partial charge in [0.05, 0.1) is 11.3 Å². The summed E-state index contributed by atoms with van der Waals surface area (Å²) in [5, 5.41) is 3.77. The van der Waals surface area contributed by atoms with Crippen LogP contribution < -0.4 is 5.32 Å². The fourth-order valence-electron chi connectivity index (χ4n) is 2.79. The van der Waals surface area contributed by atoms with Gasteiger partial charge < -0.3 is 5.32 Å². The van der Waals surface area contributed by atoms with Crippen molar-refractivity contribution >= 4 is 10.8 Å². The van der Waals surface area contributed by atoms with E-state index in [0.717, 1.165) is 12.1 Å². The van der Waals surface area contributed by atoms with E-state index < -0.39 is 10.8 Å². The summed E-state index contributed by atoms with van der Waals surface area (Å²) in [6.45, 7) is 2.86. The van der Waals surface area contributed by atoms with Crippen LogP contribution >= 0.6 is 0 Å². The maximum absolute atomic E-state index is 12.8. The van der Waals surface area contributed by atoms with Crippen molar-refractivity contribution in [2.45, 2.75) is 23.5 Å².